The lowest BCUT2D eigenvalue weighted by Crippen LogP contribution is -2.33. The third-order valence-corrected chi connectivity index (χ3v) is 3.26. The van der Waals surface area contributed by atoms with Crippen molar-refractivity contribution in [3.63, 3.8) is 0 Å². The largest absolute Gasteiger partial charge is 0.490 e. The van der Waals surface area contributed by atoms with Crippen molar-refractivity contribution in [3.05, 3.63) is 24.3 Å². The summed E-state index contributed by atoms with van der Waals surface area (Å²) in [4.78, 5) is 2.48. The number of rotatable bonds is 6. The molecule has 1 saturated heterocycles. The Hall–Kier alpha value is -1.22. The van der Waals surface area contributed by atoms with Gasteiger partial charge in [0.05, 0.1) is 6.61 Å². The molecule has 0 amide bonds. The zero-order valence-corrected chi connectivity index (χ0v) is 11.2. The summed E-state index contributed by atoms with van der Waals surface area (Å²) in [5, 5.41) is 0. The molecule has 18 heavy (non-hydrogen) atoms. The standard InChI is InChI=1S/C15H23NO2/c1-2-17-14-8-4-5-9-15(14)18-13-12-16-10-6-3-7-11-16/h4-5,8-9H,2-3,6-7,10-13H2,1H3. The van der Waals surface area contributed by atoms with Crippen LogP contribution in [0.5, 0.6) is 11.5 Å². The van der Waals surface area contributed by atoms with E-state index in [4.69, 9.17) is 9.47 Å². The minimum Gasteiger partial charge on any atom is -0.490 e. The first kappa shape index (κ1) is 13.2. The Balaban J connectivity index is 1.78. The molecule has 0 bridgehead atoms. The van der Waals surface area contributed by atoms with Crippen LogP contribution in [0, 0.1) is 0 Å². The van der Waals surface area contributed by atoms with Gasteiger partial charge in [0.15, 0.2) is 11.5 Å². The van der Waals surface area contributed by atoms with E-state index in [1.807, 2.05) is 31.2 Å². The molecule has 1 aliphatic heterocycles. The number of hydrogen-bond donors (Lipinski definition) is 0. The molecular weight excluding hydrogens is 226 g/mol. The normalized spacial score (nSPS) is 16.5. The van der Waals surface area contributed by atoms with Gasteiger partial charge in [0.25, 0.3) is 0 Å². The fourth-order valence-electron chi connectivity index (χ4n) is 2.31. The van der Waals surface area contributed by atoms with Crippen molar-refractivity contribution in [2.24, 2.45) is 0 Å². The van der Waals surface area contributed by atoms with Crippen molar-refractivity contribution in [1.29, 1.82) is 0 Å². The molecule has 0 unspecified atom stereocenters. The average molecular weight is 249 g/mol. The Kier molecular flexibility index (Phi) is 5.34. The van der Waals surface area contributed by atoms with Crippen LogP contribution < -0.4 is 9.47 Å². The molecule has 0 aliphatic carbocycles. The van der Waals surface area contributed by atoms with Gasteiger partial charge in [-0.2, -0.15) is 0 Å². The Morgan fingerprint density at radius 1 is 1.00 bits per heavy atom. The maximum Gasteiger partial charge on any atom is 0.161 e. The summed E-state index contributed by atoms with van der Waals surface area (Å²) in [6.45, 7) is 6.86. The molecule has 0 radical (unpaired) electrons. The quantitative estimate of drug-likeness (QED) is 0.773. The number of nitrogens with zero attached hydrogens (tertiary/aromatic N) is 1. The summed E-state index contributed by atoms with van der Waals surface area (Å²) in [5.41, 5.74) is 0. The summed E-state index contributed by atoms with van der Waals surface area (Å²) in [6, 6.07) is 7.89. The molecule has 0 atom stereocenters. The van der Waals surface area contributed by atoms with Crippen LogP contribution in [-0.4, -0.2) is 37.7 Å². The van der Waals surface area contributed by atoms with Gasteiger partial charge in [-0.15, -0.1) is 0 Å². The van der Waals surface area contributed by atoms with Gasteiger partial charge in [-0.05, 0) is 45.0 Å². The first-order valence-corrected chi connectivity index (χ1v) is 6.97. The van der Waals surface area contributed by atoms with E-state index in [1.165, 1.54) is 32.4 Å². The fraction of sp³-hybridized carbons (Fsp3) is 0.600. The lowest BCUT2D eigenvalue weighted by molar-refractivity contribution is 0.179. The zero-order valence-electron chi connectivity index (χ0n) is 11.2. The second-order valence-electron chi connectivity index (χ2n) is 4.63. The number of hydrogen-bond acceptors (Lipinski definition) is 3. The predicted octanol–water partition coefficient (Wildman–Crippen LogP) is 2.95. The van der Waals surface area contributed by atoms with Crippen LogP contribution in [0.3, 0.4) is 0 Å². The number of piperidine rings is 1. The number of benzene rings is 1. The molecule has 0 saturated carbocycles. The summed E-state index contributed by atoms with van der Waals surface area (Å²) in [5.74, 6) is 1.70. The first-order valence-electron chi connectivity index (χ1n) is 6.97. The first-order chi connectivity index (χ1) is 8.90. The Bertz CT molecular complexity index is 348. The molecule has 0 aromatic heterocycles. The van der Waals surface area contributed by atoms with Gasteiger partial charge >= 0.3 is 0 Å². The SMILES string of the molecule is CCOc1ccccc1OCCN1CCCCC1. The zero-order chi connectivity index (χ0) is 12.6. The molecule has 3 nitrogen and oxygen atoms in total. The van der Waals surface area contributed by atoms with E-state index in [0.29, 0.717) is 6.61 Å². The van der Waals surface area contributed by atoms with Crippen LogP contribution >= 0.6 is 0 Å². The summed E-state index contributed by atoms with van der Waals surface area (Å²) >= 11 is 0. The van der Waals surface area contributed by atoms with Gasteiger partial charge in [-0.3, -0.25) is 4.90 Å². The van der Waals surface area contributed by atoms with E-state index in [2.05, 4.69) is 4.90 Å². The molecular formula is C15H23NO2. The van der Waals surface area contributed by atoms with Crippen LogP contribution in [0.1, 0.15) is 26.2 Å². The van der Waals surface area contributed by atoms with Crippen LogP contribution in [0.2, 0.25) is 0 Å². The van der Waals surface area contributed by atoms with Gasteiger partial charge in [-0.25, -0.2) is 0 Å². The van der Waals surface area contributed by atoms with Crippen molar-refractivity contribution in [3.8, 4) is 11.5 Å². The van der Waals surface area contributed by atoms with Crippen LogP contribution in [0.4, 0.5) is 0 Å². The van der Waals surface area contributed by atoms with Crippen molar-refractivity contribution >= 4 is 0 Å². The van der Waals surface area contributed by atoms with Crippen molar-refractivity contribution in [2.45, 2.75) is 26.2 Å². The molecule has 1 heterocycles. The Morgan fingerprint density at radius 2 is 1.67 bits per heavy atom. The third kappa shape index (κ3) is 3.91. The number of ether oxygens (including phenoxy) is 2. The summed E-state index contributed by atoms with van der Waals surface area (Å²) < 4.78 is 11.4. The monoisotopic (exact) mass is 249 g/mol. The topological polar surface area (TPSA) is 21.7 Å². The summed E-state index contributed by atoms with van der Waals surface area (Å²) in [6.07, 6.45) is 4.04. The van der Waals surface area contributed by atoms with E-state index >= 15 is 0 Å². The highest BCUT2D eigenvalue weighted by Gasteiger charge is 2.10. The maximum absolute atomic E-state index is 5.83. The predicted molar refractivity (Wildman–Crippen MR) is 73.4 cm³/mol. The molecule has 0 N–H and O–H groups in total. The minimum absolute atomic E-state index is 0.673. The Labute approximate surface area is 110 Å². The number of para-hydroxylation sites is 2. The average Bonchev–Trinajstić information content (AvgIpc) is 2.42. The van der Waals surface area contributed by atoms with Gasteiger partial charge in [0, 0.05) is 6.54 Å². The second-order valence-corrected chi connectivity index (χ2v) is 4.63. The highest BCUT2D eigenvalue weighted by Crippen LogP contribution is 2.26. The maximum atomic E-state index is 5.83. The van der Waals surface area contributed by atoms with E-state index in [9.17, 15) is 0 Å². The lowest BCUT2D eigenvalue weighted by Gasteiger charge is -2.26. The molecule has 1 fully saturated rings. The van der Waals surface area contributed by atoms with Crippen molar-refractivity contribution in [1.82, 2.24) is 4.90 Å². The lowest BCUT2D eigenvalue weighted by atomic mass is 10.1. The molecule has 3 heteroatoms. The van der Waals surface area contributed by atoms with Crippen LogP contribution in [0.15, 0.2) is 24.3 Å². The van der Waals surface area contributed by atoms with Crippen molar-refractivity contribution in [2.75, 3.05) is 32.8 Å². The molecule has 1 aromatic rings. The fourth-order valence-corrected chi connectivity index (χ4v) is 2.31. The van der Waals surface area contributed by atoms with E-state index in [0.717, 1.165) is 24.7 Å². The van der Waals surface area contributed by atoms with Gasteiger partial charge in [0.2, 0.25) is 0 Å². The van der Waals surface area contributed by atoms with E-state index in [-0.39, 0.29) is 0 Å². The molecule has 1 aliphatic rings. The highest BCUT2D eigenvalue weighted by atomic mass is 16.5. The van der Waals surface area contributed by atoms with Gasteiger partial charge in [0.1, 0.15) is 6.61 Å². The van der Waals surface area contributed by atoms with Gasteiger partial charge < -0.3 is 9.47 Å². The second kappa shape index (κ2) is 7.27. The minimum atomic E-state index is 0.673. The van der Waals surface area contributed by atoms with Crippen LogP contribution in [-0.2, 0) is 0 Å². The Morgan fingerprint density at radius 3 is 2.33 bits per heavy atom. The third-order valence-electron chi connectivity index (χ3n) is 3.26. The number of likely N-dealkylation sites (tertiary alicyclic amines) is 1. The smallest absolute Gasteiger partial charge is 0.161 e. The molecule has 100 valence electrons. The van der Waals surface area contributed by atoms with E-state index < -0.39 is 0 Å². The van der Waals surface area contributed by atoms with Crippen LogP contribution in [0.25, 0.3) is 0 Å². The summed E-state index contributed by atoms with van der Waals surface area (Å²) in [7, 11) is 0. The van der Waals surface area contributed by atoms with Crippen molar-refractivity contribution < 1.29 is 9.47 Å². The molecule has 1 aromatic carbocycles. The molecule has 2 rings (SSSR count). The highest BCUT2D eigenvalue weighted by molar-refractivity contribution is 5.39. The van der Waals surface area contributed by atoms with Gasteiger partial charge in [-0.1, -0.05) is 18.6 Å². The van der Waals surface area contributed by atoms with E-state index in [1.54, 1.807) is 0 Å². The molecule has 0 spiro atoms.